The van der Waals surface area contributed by atoms with Crippen LogP contribution in [0.15, 0.2) is 28.2 Å². The molecule has 124 valence electrons. The third-order valence-corrected chi connectivity index (χ3v) is 4.41. The second kappa shape index (κ2) is 8.33. The Morgan fingerprint density at radius 1 is 1.48 bits per heavy atom. The Hall–Kier alpha value is -1.57. The number of carbonyl (C=O) groups excluding carboxylic acids is 1. The van der Waals surface area contributed by atoms with E-state index in [0.717, 1.165) is 0 Å². The minimum atomic E-state index is -0.380. The van der Waals surface area contributed by atoms with E-state index in [2.05, 4.69) is 4.98 Å². The van der Waals surface area contributed by atoms with Crippen molar-refractivity contribution >= 4 is 40.2 Å². The molecule has 0 radical (unpaired) electrons. The number of amides is 1. The normalized spacial score (nSPS) is 11.0. The lowest BCUT2D eigenvalue weighted by atomic mass is 10.2. The Morgan fingerprint density at radius 2 is 2.26 bits per heavy atom. The number of fused-ring (bicyclic) bond motifs is 1. The van der Waals surface area contributed by atoms with Gasteiger partial charge < -0.3 is 10.5 Å². The number of hydrogen-bond acceptors (Lipinski definition) is 5. The molecule has 2 N–H and O–H groups in total. The van der Waals surface area contributed by atoms with E-state index in [1.165, 1.54) is 11.8 Å². The van der Waals surface area contributed by atoms with Crippen LogP contribution in [0.1, 0.15) is 12.8 Å². The molecule has 2 rings (SSSR count). The maximum Gasteiger partial charge on any atom is 0.262 e. The monoisotopic (exact) mass is 355 g/mol. The van der Waals surface area contributed by atoms with Gasteiger partial charge in [0.05, 0.1) is 10.9 Å². The number of benzene rings is 1. The first-order chi connectivity index (χ1) is 11.0. The number of aromatic nitrogens is 2. The second-order valence-electron chi connectivity index (χ2n) is 4.92. The second-order valence-corrected chi connectivity index (χ2v) is 6.42. The molecule has 0 bridgehead atoms. The summed E-state index contributed by atoms with van der Waals surface area (Å²) in [5.41, 5.74) is 5.59. The van der Waals surface area contributed by atoms with Crippen molar-refractivity contribution in [2.45, 2.75) is 24.5 Å². The predicted molar refractivity (Wildman–Crippen MR) is 92.0 cm³/mol. The van der Waals surface area contributed by atoms with E-state index in [9.17, 15) is 9.59 Å². The van der Waals surface area contributed by atoms with Gasteiger partial charge in [-0.25, -0.2) is 4.98 Å². The number of rotatable bonds is 8. The number of hydrogen-bond donors (Lipinski definition) is 1. The maximum atomic E-state index is 12.7. The average Bonchev–Trinajstić information content (AvgIpc) is 2.49. The molecule has 0 aliphatic carbocycles. The van der Waals surface area contributed by atoms with Crippen molar-refractivity contribution < 1.29 is 9.53 Å². The number of ether oxygens (including phenoxy) is 1. The maximum absolute atomic E-state index is 12.7. The summed E-state index contributed by atoms with van der Waals surface area (Å²) in [6.07, 6.45) is 0.923. The molecular weight excluding hydrogens is 338 g/mol. The zero-order valence-corrected chi connectivity index (χ0v) is 14.3. The van der Waals surface area contributed by atoms with Gasteiger partial charge in [-0.1, -0.05) is 23.4 Å². The zero-order chi connectivity index (χ0) is 16.8. The molecule has 0 spiro atoms. The van der Waals surface area contributed by atoms with Gasteiger partial charge in [0.1, 0.15) is 0 Å². The van der Waals surface area contributed by atoms with Crippen molar-refractivity contribution in [2.75, 3.05) is 19.5 Å². The quantitative estimate of drug-likeness (QED) is 0.445. The van der Waals surface area contributed by atoms with E-state index >= 15 is 0 Å². The van der Waals surface area contributed by atoms with Gasteiger partial charge in [-0.15, -0.1) is 0 Å². The number of thioether (sulfide) groups is 1. The van der Waals surface area contributed by atoms with Crippen LogP contribution in [0.2, 0.25) is 5.02 Å². The SMILES string of the molecule is COCCCn1c(SCCC(N)=O)nc2cc(Cl)ccc2c1=O. The highest BCUT2D eigenvalue weighted by Gasteiger charge is 2.12. The van der Waals surface area contributed by atoms with Gasteiger partial charge >= 0.3 is 0 Å². The Balaban J connectivity index is 2.40. The summed E-state index contributed by atoms with van der Waals surface area (Å²) in [5.74, 6) is 0.0904. The summed E-state index contributed by atoms with van der Waals surface area (Å²) in [6.45, 7) is 1.05. The van der Waals surface area contributed by atoms with Crippen molar-refractivity contribution in [3.8, 4) is 0 Å². The highest BCUT2D eigenvalue weighted by molar-refractivity contribution is 7.99. The zero-order valence-electron chi connectivity index (χ0n) is 12.8. The summed E-state index contributed by atoms with van der Waals surface area (Å²) >= 11 is 7.31. The van der Waals surface area contributed by atoms with Crippen LogP contribution in [0.3, 0.4) is 0 Å². The van der Waals surface area contributed by atoms with Crippen LogP contribution in [-0.2, 0) is 16.1 Å². The van der Waals surface area contributed by atoms with Crippen molar-refractivity contribution in [3.63, 3.8) is 0 Å². The lowest BCUT2D eigenvalue weighted by Gasteiger charge is -2.12. The molecule has 0 saturated carbocycles. The Kier molecular flexibility index (Phi) is 6.44. The van der Waals surface area contributed by atoms with Gasteiger partial charge in [-0.2, -0.15) is 0 Å². The summed E-state index contributed by atoms with van der Waals surface area (Å²) in [7, 11) is 1.62. The highest BCUT2D eigenvalue weighted by atomic mass is 35.5. The third kappa shape index (κ3) is 4.70. The molecule has 0 fully saturated rings. The minimum Gasteiger partial charge on any atom is -0.385 e. The molecule has 23 heavy (non-hydrogen) atoms. The summed E-state index contributed by atoms with van der Waals surface area (Å²) in [6, 6.07) is 5.01. The van der Waals surface area contributed by atoms with Crippen LogP contribution in [0.25, 0.3) is 10.9 Å². The molecule has 1 aromatic heterocycles. The number of nitrogens with two attached hydrogens (primary N) is 1. The first-order valence-corrected chi connectivity index (χ1v) is 8.49. The first-order valence-electron chi connectivity index (χ1n) is 7.13. The molecule has 0 aliphatic heterocycles. The molecule has 2 aromatic rings. The fraction of sp³-hybridized carbons (Fsp3) is 0.400. The van der Waals surface area contributed by atoms with E-state index in [1.54, 1.807) is 29.9 Å². The molecule has 1 aromatic carbocycles. The van der Waals surface area contributed by atoms with Crippen molar-refractivity contribution in [1.82, 2.24) is 9.55 Å². The molecule has 1 amide bonds. The predicted octanol–water partition coefficient (Wildman–Crippen LogP) is 2.05. The average molecular weight is 356 g/mol. The Morgan fingerprint density at radius 3 is 2.96 bits per heavy atom. The highest BCUT2D eigenvalue weighted by Crippen LogP contribution is 2.21. The lowest BCUT2D eigenvalue weighted by molar-refractivity contribution is -0.117. The molecule has 8 heteroatoms. The smallest absolute Gasteiger partial charge is 0.262 e. The van der Waals surface area contributed by atoms with E-state index < -0.39 is 0 Å². The summed E-state index contributed by atoms with van der Waals surface area (Å²) in [4.78, 5) is 28.1. The van der Waals surface area contributed by atoms with E-state index in [-0.39, 0.29) is 17.9 Å². The van der Waals surface area contributed by atoms with Gasteiger partial charge in [0.2, 0.25) is 5.91 Å². The Bertz CT molecular complexity index is 763. The van der Waals surface area contributed by atoms with Crippen LogP contribution in [0.5, 0.6) is 0 Å². The molecule has 6 nitrogen and oxygen atoms in total. The van der Waals surface area contributed by atoms with E-state index in [4.69, 9.17) is 22.1 Å². The van der Waals surface area contributed by atoms with Crippen molar-refractivity contribution in [2.24, 2.45) is 5.73 Å². The number of carbonyl (C=O) groups is 1. The van der Waals surface area contributed by atoms with Crippen LogP contribution in [0, 0.1) is 0 Å². The fourth-order valence-corrected chi connectivity index (χ4v) is 3.24. The molecule has 1 heterocycles. The van der Waals surface area contributed by atoms with Gasteiger partial charge in [-0.05, 0) is 24.6 Å². The molecular formula is C15H18ClN3O3S. The fourth-order valence-electron chi connectivity index (χ4n) is 2.09. The molecule has 0 atom stereocenters. The third-order valence-electron chi connectivity index (χ3n) is 3.19. The largest absolute Gasteiger partial charge is 0.385 e. The number of primary amides is 1. The van der Waals surface area contributed by atoms with Crippen LogP contribution in [0.4, 0.5) is 0 Å². The van der Waals surface area contributed by atoms with E-state index in [0.29, 0.717) is 46.4 Å². The number of halogens is 1. The van der Waals surface area contributed by atoms with Gasteiger partial charge in [-0.3, -0.25) is 14.2 Å². The van der Waals surface area contributed by atoms with Crippen LogP contribution in [-0.4, -0.2) is 34.9 Å². The lowest BCUT2D eigenvalue weighted by Crippen LogP contribution is -2.24. The molecule has 0 saturated heterocycles. The standard InChI is InChI=1S/C15H18ClN3O3S/c1-22-7-2-6-19-14(21)11-4-3-10(16)9-12(11)18-15(19)23-8-5-13(17)20/h3-4,9H,2,5-8H2,1H3,(H2,17,20). The Labute approximate surface area is 143 Å². The van der Waals surface area contributed by atoms with Crippen molar-refractivity contribution in [3.05, 3.63) is 33.6 Å². The van der Waals surface area contributed by atoms with Gasteiger partial charge in [0.15, 0.2) is 5.16 Å². The number of nitrogens with zero attached hydrogens (tertiary/aromatic N) is 2. The summed E-state index contributed by atoms with van der Waals surface area (Å²) < 4.78 is 6.65. The topological polar surface area (TPSA) is 87.2 Å². The summed E-state index contributed by atoms with van der Waals surface area (Å²) in [5, 5.41) is 1.60. The first kappa shape index (κ1) is 17.8. The van der Waals surface area contributed by atoms with Crippen LogP contribution < -0.4 is 11.3 Å². The van der Waals surface area contributed by atoms with Crippen molar-refractivity contribution in [1.29, 1.82) is 0 Å². The number of methoxy groups -OCH3 is 1. The van der Waals surface area contributed by atoms with Gasteiger partial charge in [0, 0.05) is 37.5 Å². The van der Waals surface area contributed by atoms with Gasteiger partial charge in [0.25, 0.3) is 5.56 Å². The van der Waals surface area contributed by atoms with Crippen LogP contribution >= 0.6 is 23.4 Å². The molecule has 0 unspecified atom stereocenters. The van der Waals surface area contributed by atoms with E-state index in [1.807, 2.05) is 0 Å². The minimum absolute atomic E-state index is 0.121. The molecule has 0 aliphatic rings.